The van der Waals surface area contributed by atoms with Crippen LogP contribution in [0.3, 0.4) is 0 Å². The molecule has 0 atom stereocenters. The summed E-state index contributed by atoms with van der Waals surface area (Å²) in [5.74, 6) is 0.612. The predicted molar refractivity (Wildman–Crippen MR) is 141 cm³/mol. The third-order valence-corrected chi connectivity index (χ3v) is 6.18. The number of hydrogen-bond acceptors (Lipinski definition) is 7. The highest BCUT2D eigenvalue weighted by atomic mass is 35.5. The minimum absolute atomic E-state index is 0.256. The Kier molecular flexibility index (Phi) is 5.63. The van der Waals surface area contributed by atoms with E-state index in [0.717, 1.165) is 34.4 Å². The Balaban J connectivity index is 1.35. The molecule has 6 rings (SSSR count). The van der Waals surface area contributed by atoms with Crippen molar-refractivity contribution in [3.63, 3.8) is 0 Å². The van der Waals surface area contributed by atoms with Gasteiger partial charge in [0.1, 0.15) is 10.7 Å². The van der Waals surface area contributed by atoms with E-state index in [1.54, 1.807) is 6.20 Å². The Morgan fingerprint density at radius 3 is 2.61 bits per heavy atom. The zero-order chi connectivity index (χ0) is 24.5. The van der Waals surface area contributed by atoms with E-state index in [-0.39, 0.29) is 11.6 Å². The number of nitrogens with zero attached hydrogens (tertiary/aromatic N) is 4. The van der Waals surface area contributed by atoms with Crippen molar-refractivity contribution in [3.05, 3.63) is 101 Å². The van der Waals surface area contributed by atoms with Crippen molar-refractivity contribution in [1.82, 2.24) is 19.9 Å². The van der Waals surface area contributed by atoms with Crippen LogP contribution < -0.4 is 16.0 Å². The van der Waals surface area contributed by atoms with Gasteiger partial charge in [0.05, 0.1) is 23.4 Å². The van der Waals surface area contributed by atoms with Crippen molar-refractivity contribution >= 4 is 57.4 Å². The molecule has 8 nitrogen and oxygen atoms in total. The van der Waals surface area contributed by atoms with Crippen molar-refractivity contribution in [3.8, 4) is 0 Å². The van der Waals surface area contributed by atoms with Crippen molar-refractivity contribution in [2.24, 2.45) is 0 Å². The van der Waals surface area contributed by atoms with Gasteiger partial charge in [-0.2, -0.15) is 4.98 Å². The average molecular weight is 494 g/mol. The highest BCUT2D eigenvalue weighted by molar-refractivity contribution is 6.32. The number of aryl methyl sites for hydroxylation is 2. The monoisotopic (exact) mass is 493 g/mol. The second kappa shape index (κ2) is 9.24. The minimum atomic E-state index is -0.317. The van der Waals surface area contributed by atoms with E-state index in [9.17, 15) is 4.79 Å². The van der Waals surface area contributed by atoms with Gasteiger partial charge in [-0.25, -0.2) is 9.97 Å². The van der Waals surface area contributed by atoms with E-state index in [4.69, 9.17) is 11.6 Å². The number of nitrogens with one attached hydrogen (secondary N) is 3. The van der Waals surface area contributed by atoms with Crippen LogP contribution in [0, 0.1) is 0 Å². The number of halogens is 1. The molecular weight excluding hydrogens is 474 g/mol. The first-order valence-corrected chi connectivity index (χ1v) is 11.8. The fourth-order valence-corrected chi connectivity index (χ4v) is 4.26. The van der Waals surface area contributed by atoms with Crippen LogP contribution in [-0.2, 0) is 12.8 Å². The molecule has 0 saturated carbocycles. The van der Waals surface area contributed by atoms with E-state index in [1.807, 2.05) is 54.6 Å². The van der Waals surface area contributed by atoms with E-state index < -0.39 is 0 Å². The summed E-state index contributed by atoms with van der Waals surface area (Å²) in [7, 11) is 0. The molecule has 0 fully saturated rings. The molecule has 3 aromatic carbocycles. The van der Waals surface area contributed by atoms with E-state index in [1.165, 1.54) is 6.20 Å². The van der Waals surface area contributed by atoms with E-state index in [0.29, 0.717) is 34.4 Å². The van der Waals surface area contributed by atoms with Crippen molar-refractivity contribution < 1.29 is 4.79 Å². The summed E-state index contributed by atoms with van der Waals surface area (Å²) in [6.07, 6.45) is 4.53. The zero-order valence-corrected chi connectivity index (χ0v) is 19.8. The average Bonchev–Trinajstić information content (AvgIpc) is 2.90. The van der Waals surface area contributed by atoms with Crippen molar-refractivity contribution in [2.75, 3.05) is 16.0 Å². The Morgan fingerprint density at radius 2 is 1.69 bits per heavy atom. The standard InChI is InChI=1S/C27H20ClN7O/c28-20-14-30-27-32-18-5-3-4-16(12-18)8-9-17-13-19(31-25(20)35-27)10-11-21(17)34-26(36)24-15-29-22-6-1-2-7-23(22)33-24/h1-7,10-15H,8-9H2,(H,34,36)(H2,30,31,32,35). The maximum atomic E-state index is 13.1. The van der Waals surface area contributed by atoms with Gasteiger partial charge in [0.15, 0.2) is 5.82 Å². The summed E-state index contributed by atoms with van der Waals surface area (Å²) < 4.78 is 0. The third-order valence-electron chi connectivity index (χ3n) is 5.91. The Labute approximate surface area is 211 Å². The molecule has 1 aliphatic rings. The molecule has 0 radical (unpaired) electrons. The molecule has 5 aromatic rings. The molecular formula is C27H20ClN7O. The molecule has 0 aliphatic carbocycles. The van der Waals surface area contributed by atoms with E-state index >= 15 is 0 Å². The normalized spacial score (nSPS) is 12.4. The summed E-state index contributed by atoms with van der Waals surface area (Å²) in [4.78, 5) is 30.7. The summed E-state index contributed by atoms with van der Waals surface area (Å²) >= 11 is 6.36. The number of carbonyl (C=O) groups excluding carboxylic acids is 1. The first kappa shape index (κ1) is 21.9. The van der Waals surface area contributed by atoms with Crippen LogP contribution in [0.2, 0.25) is 5.02 Å². The number of carbonyl (C=O) groups is 1. The molecule has 9 heteroatoms. The van der Waals surface area contributed by atoms with Crippen molar-refractivity contribution in [1.29, 1.82) is 0 Å². The minimum Gasteiger partial charge on any atom is -0.339 e. The van der Waals surface area contributed by atoms with Crippen LogP contribution in [0.1, 0.15) is 21.6 Å². The highest BCUT2D eigenvalue weighted by Crippen LogP contribution is 2.29. The Bertz CT molecular complexity index is 1620. The number of aromatic nitrogens is 4. The van der Waals surface area contributed by atoms with Crippen LogP contribution >= 0.6 is 11.6 Å². The summed E-state index contributed by atoms with van der Waals surface area (Å²) in [6.45, 7) is 0. The van der Waals surface area contributed by atoms with Gasteiger partial charge in [-0.15, -0.1) is 0 Å². The number of anilines is 5. The third kappa shape index (κ3) is 4.54. The topological polar surface area (TPSA) is 105 Å². The van der Waals surface area contributed by atoms with Gasteiger partial charge in [-0.3, -0.25) is 9.78 Å². The number of fused-ring (bicyclic) bond motifs is 7. The molecule has 6 bridgehead atoms. The first-order chi connectivity index (χ1) is 17.6. The molecule has 0 saturated heterocycles. The van der Waals surface area contributed by atoms with Crippen LogP contribution in [0.5, 0.6) is 0 Å². The van der Waals surface area contributed by atoms with Gasteiger partial charge in [-0.1, -0.05) is 35.9 Å². The maximum absolute atomic E-state index is 13.1. The lowest BCUT2D eigenvalue weighted by Crippen LogP contribution is -2.15. The van der Waals surface area contributed by atoms with Crippen molar-refractivity contribution in [2.45, 2.75) is 12.8 Å². The lowest BCUT2D eigenvalue weighted by molar-refractivity contribution is 0.102. The Morgan fingerprint density at radius 1 is 0.833 bits per heavy atom. The number of rotatable bonds is 2. The van der Waals surface area contributed by atoms with Crippen LogP contribution in [-0.4, -0.2) is 25.8 Å². The molecule has 1 amide bonds. The molecule has 36 heavy (non-hydrogen) atoms. The van der Waals surface area contributed by atoms with Gasteiger partial charge >= 0.3 is 0 Å². The quantitative estimate of drug-likeness (QED) is 0.280. The molecule has 0 spiro atoms. The number of para-hydroxylation sites is 2. The summed E-state index contributed by atoms with van der Waals surface area (Å²) in [6, 6.07) is 21.3. The maximum Gasteiger partial charge on any atom is 0.275 e. The number of benzene rings is 3. The molecule has 176 valence electrons. The second-order valence-corrected chi connectivity index (χ2v) is 8.82. The lowest BCUT2D eigenvalue weighted by Gasteiger charge is -2.14. The molecule has 2 aromatic heterocycles. The largest absolute Gasteiger partial charge is 0.339 e. The predicted octanol–water partition coefficient (Wildman–Crippen LogP) is 5.91. The fourth-order valence-electron chi connectivity index (χ4n) is 4.12. The van der Waals surface area contributed by atoms with Crippen LogP contribution in [0.15, 0.2) is 79.1 Å². The summed E-state index contributed by atoms with van der Waals surface area (Å²) in [5.41, 5.74) is 6.16. The first-order valence-electron chi connectivity index (χ1n) is 11.4. The highest BCUT2D eigenvalue weighted by Gasteiger charge is 2.15. The number of hydrogen-bond donors (Lipinski definition) is 3. The summed E-state index contributed by atoms with van der Waals surface area (Å²) in [5, 5.41) is 9.93. The molecule has 3 heterocycles. The second-order valence-electron chi connectivity index (χ2n) is 8.41. The van der Waals surface area contributed by atoms with Gasteiger partial charge in [0, 0.05) is 17.1 Å². The molecule has 3 N–H and O–H groups in total. The number of amides is 1. The van der Waals surface area contributed by atoms with Gasteiger partial charge in [0.25, 0.3) is 5.91 Å². The van der Waals surface area contributed by atoms with E-state index in [2.05, 4.69) is 48.0 Å². The molecule has 1 aliphatic heterocycles. The van der Waals surface area contributed by atoms with Gasteiger partial charge in [-0.05, 0) is 66.4 Å². The van der Waals surface area contributed by atoms with Gasteiger partial charge < -0.3 is 16.0 Å². The lowest BCUT2D eigenvalue weighted by atomic mass is 10.0. The van der Waals surface area contributed by atoms with Crippen LogP contribution in [0.4, 0.5) is 28.8 Å². The Hall–Kier alpha value is -4.56. The zero-order valence-electron chi connectivity index (χ0n) is 19.0. The SMILES string of the molecule is O=C(Nc1ccc2cc1CCc1cccc(c1)Nc1ncc(Cl)c(n1)N2)c1cnc2ccccc2n1. The van der Waals surface area contributed by atoms with Gasteiger partial charge in [0.2, 0.25) is 5.95 Å². The fraction of sp³-hybridized carbons (Fsp3) is 0.0741. The molecule has 0 unspecified atom stereocenters. The smallest absolute Gasteiger partial charge is 0.275 e. The van der Waals surface area contributed by atoms with Crippen LogP contribution in [0.25, 0.3) is 11.0 Å².